The molecule has 1 aliphatic heterocycles. The van der Waals surface area contributed by atoms with Gasteiger partial charge in [0, 0.05) is 18.3 Å². The van der Waals surface area contributed by atoms with Crippen molar-refractivity contribution in [3.8, 4) is 0 Å². The summed E-state index contributed by atoms with van der Waals surface area (Å²) in [6, 6.07) is 23.2. The van der Waals surface area contributed by atoms with Gasteiger partial charge in [-0.15, -0.1) is 11.8 Å². The van der Waals surface area contributed by atoms with Gasteiger partial charge in [-0.3, -0.25) is 4.90 Å². The Morgan fingerprint density at radius 1 is 0.808 bits per heavy atom. The topological polar surface area (TPSA) is 3.24 Å². The van der Waals surface area contributed by atoms with E-state index in [0.29, 0.717) is 0 Å². The molecule has 2 aromatic rings. The Balaban J connectivity index is 1.66. The van der Waals surface area contributed by atoms with Crippen LogP contribution in [-0.2, 0) is 10.6 Å². The molecule has 0 radical (unpaired) electrons. The Kier molecular flexibility index (Phi) is 6.01. The van der Waals surface area contributed by atoms with E-state index < -0.39 is 0 Å². The van der Waals surface area contributed by atoms with E-state index >= 15 is 0 Å². The second-order valence-electron chi connectivity index (χ2n) is 7.87. The molecule has 2 aliphatic rings. The molecule has 0 spiro atoms. The van der Waals surface area contributed by atoms with E-state index in [1.54, 1.807) is 0 Å². The summed E-state index contributed by atoms with van der Waals surface area (Å²) in [5, 5.41) is 0. The number of benzene rings is 2. The molecular weight excluding hydrogens is 334 g/mol. The van der Waals surface area contributed by atoms with E-state index in [1.165, 1.54) is 69.0 Å². The Labute approximate surface area is 163 Å². The summed E-state index contributed by atoms with van der Waals surface area (Å²) in [5.74, 6) is 1.10. The number of rotatable bonds is 5. The Hall–Kier alpha value is -1.25. The van der Waals surface area contributed by atoms with Gasteiger partial charge in [0.05, 0.1) is 4.87 Å². The van der Waals surface area contributed by atoms with Gasteiger partial charge >= 0.3 is 0 Å². The highest BCUT2D eigenvalue weighted by molar-refractivity contribution is 7.99. The molecule has 1 nitrogen and oxygen atoms in total. The van der Waals surface area contributed by atoms with Gasteiger partial charge in [-0.25, -0.2) is 0 Å². The fraction of sp³-hybridized carbons (Fsp3) is 0.500. The van der Waals surface area contributed by atoms with Gasteiger partial charge in [0.15, 0.2) is 0 Å². The zero-order chi connectivity index (χ0) is 17.7. The third-order valence-electron chi connectivity index (χ3n) is 6.19. The monoisotopic (exact) mass is 365 g/mol. The molecule has 0 bridgehead atoms. The van der Waals surface area contributed by atoms with Crippen molar-refractivity contribution in [2.45, 2.75) is 68.0 Å². The van der Waals surface area contributed by atoms with Crippen LogP contribution in [-0.4, -0.2) is 17.5 Å². The van der Waals surface area contributed by atoms with Gasteiger partial charge in [0.2, 0.25) is 0 Å². The van der Waals surface area contributed by atoms with Crippen molar-refractivity contribution in [3.05, 3.63) is 71.8 Å². The lowest BCUT2D eigenvalue weighted by Crippen LogP contribution is -2.52. The quantitative estimate of drug-likeness (QED) is 0.588. The van der Waals surface area contributed by atoms with Gasteiger partial charge in [0.1, 0.15) is 0 Å². The summed E-state index contributed by atoms with van der Waals surface area (Å²) in [4.78, 5) is 3.07. The Morgan fingerprint density at radius 3 is 2.23 bits per heavy atom. The van der Waals surface area contributed by atoms with Crippen LogP contribution >= 0.6 is 11.8 Å². The van der Waals surface area contributed by atoms with E-state index in [2.05, 4.69) is 77.3 Å². The number of piperidine rings is 1. The first kappa shape index (κ1) is 18.1. The zero-order valence-corrected chi connectivity index (χ0v) is 16.6. The fourth-order valence-corrected chi connectivity index (χ4v) is 6.46. The first-order chi connectivity index (χ1) is 12.9. The maximum Gasteiger partial charge on any atom is 0.0931 e. The number of thioether (sulfide) groups is 1. The summed E-state index contributed by atoms with van der Waals surface area (Å²) in [6.07, 6.45) is 11.0. The second-order valence-corrected chi connectivity index (χ2v) is 9.12. The van der Waals surface area contributed by atoms with Crippen LogP contribution in [0.25, 0.3) is 0 Å². The molecule has 0 N–H and O–H groups in total. The van der Waals surface area contributed by atoms with Crippen LogP contribution in [0.2, 0.25) is 0 Å². The summed E-state index contributed by atoms with van der Waals surface area (Å²) in [7, 11) is 0. The molecule has 1 heterocycles. The molecule has 1 saturated carbocycles. The molecule has 0 aromatic heterocycles. The molecule has 2 aromatic carbocycles. The first-order valence-corrected chi connectivity index (χ1v) is 11.4. The molecule has 1 unspecified atom stereocenters. The number of nitrogens with zero attached hydrogens (tertiary/aromatic N) is 1. The Morgan fingerprint density at radius 2 is 1.50 bits per heavy atom. The number of hydrogen-bond acceptors (Lipinski definition) is 2. The van der Waals surface area contributed by atoms with Crippen molar-refractivity contribution in [1.82, 2.24) is 4.90 Å². The van der Waals surface area contributed by atoms with Crippen LogP contribution < -0.4 is 0 Å². The lowest BCUT2D eigenvalue weighted by Gasteiger charge is -2.52. The third kappa shape index (κ3) is 3.87. The second kappa shape index (κ2) is 8.63. The molecule has 4 rings (SSSR count). The first-order valence-electron chi connectivity index (χ1n) is 10.4. The standard InChI is InChI=1S/C24H31NS/c1-4-12-21(13-5-1)20-26-24(22-14-6-2-7-15-22)18-10-11-19-25(24)23-16-8-3-9-17-23/h1-2,4-7,12-15,23H,3,8-11,16-20H2. The van der Waals surface area contributed by atoms with Crippen LogP contribution in [0.4, 0.5) is 0 Å². The SMILES string of the molecule is c1ccc(CSC2(c3ccccc3)CCCCN2C2CCCCC2)cc1. The van der Waals surface area contributed by atoms with E-state index in [1.807, 2.05) is 0 Å². The highest BCUT2D eigenvalue weighted by Gasteiger charge is 2.44. The molecule has 1 atom stereocenters. The summed E-state index contributed by atoms with van der Waals surface area (Å²) >= 11 is 2.18. The van der Waals surface area contributed by atoms with Crippen molar-refractivity contribution >= 4 is 11.8 Å². The zero-order valence-electron chi connectivity index (χ0n) is 15.8. The average molecular weight is 366 g/mol. The molecule has 26 heavy (non-hydrogen) atoms. The lowest BCUT2D eigenvalue weighted by atomic mass is 9.87. The van der Waals surface area contributed by atoms with Crippen LogP contribution in [0.3, 0.4) is 0 Å². The van der Waals surface area contributed by atoms with Crippen molar-refractivity contribution in [2.75, 3.05) is 6.54 Å². The van der Waals surface area contributed by atoms with E-state index in [0.717, 1.165) is 11.8 Å². The molecule has 1 aliphatic carbocycles. The molecular formula is C24H31NS. The van der Waals surface area contributed by atoms with Gasteiger partial charge in [-0.1, -0.05) is 79.9 Å². The number of hydrogen-bond donors (Lipinski definition) is 0. The van der Waals surface area contributed by atoms with Gasteiger partial charge < -0.3 is 0 Å². The van der Waals surface area contributed by atoms with Crippen molar-refractivity contribution in [2.24, 2.45) is 0 Å². The largest absolute Gasteiger partial charge is 0.282 e. The van der Waals surface area contributed by atoms with Crippen LogP contribution in [0.5, 0.6) is 0 Å². The van der Waals surface area contributed by atoms with Gasteiger partial charge in [-0.05, 0) is 43.2 Å². The Bertz CT molecular complexity index is 665. The molecule has 1 saturated heterocycles. The normalized spacial score (nSPS) is 25.2. The van der Waals surface area contributed by atoms with Crippen molar-refractivity contribution < 1.29 is 0 Å². The van der Waals surface area contributed by atoms with Crippen LogP contribution in [0.1, 0.15) is 62.5 Å². The minimum absolute atomic E-state index is 0.150. The van der Waals surface area contributed by atoms with E-state index in [9.17, 15) is 0 Å². The van der Waals surface area contributed by atoms with Gasteiger partial charge in [-0.2, -0.15) is 0 Å². The number of likely N-dealkylation sites (tertiary alicyclic amines) is 1. The maximum atomic E-state index is 2.92. The maximum absolute atomic E-state index is 2.92. The minimum Gasteiger partial charge on any atom is -0.282 e. The van der Waals surface area contributed by atoms with Crippen LogP contribution in [0, 0.1) is 0 Å². The lowest BCUT2D eigenvalue weighted by molar-refractivity contribution is 0.0498. The van der Waals surface area contributed by atoms with Crippen LogP contribution in [0.15, 0.2) is 60.7 Å². The minimum atomic E-state index is 0.150. The molecule has 2 fully saturated rings. The van der Waals surface area contributed by atoms with Gasteiger partial charge in [0.25, 0.3) is 0 Å². The smallest absolute Gasteiger partial charge is 0.0931 e. The third-order valence-corrected chi connectivity index (χ3v) is 7.82. The summed E-state index contributed by atoms with van der Waals surface area (Å²) < 4.78 is 0. The fourth-order valence-electron chi connectivity index (χ4n) is 4.87. The average Bonchev–Trinajstić information content (AvgIpc) is 2.74. The predicted molar refractivity (Wildman–Crippen MR) is 113 cm³/mol. The highest BCUT2D eigenvalue weighted by atomic mass is 32.2. The van der Waals surface area contributed by atoms with Crippen molar-refractivity contribution in [3.63, 3.8) is 0 Å². The van der Waals surface area contributed by atoms with Crippen molar-refractivity contribution in [1.29, 1.82) is 0 Å². The molecule has 0 amide bonds. The summed E-state index contributed by atoms with van der Waals surface area (Å²) in [5.41, 5.74) is 2.97. The predicted octanol–water partition coefficient (Wildman–Crippen LogP) is 6.59. The van der Waals surface area contributed by atoms with E-state index in [4.69, 9.17) is 0 Å². The molecule has 138 valence electrons. The van der Waals surface area contributed by atoms with E-state index in [-0.39, 0.29) is 4.87 Å². The highest BCUT2D eigenvalue weighted by Crippen LogP contribution is 2.50. The molecule has 2 heteroatoms. The summed E-state index contributed by atoms with van der Waals surface area (Å²) in [6.45, 7) is 1.27.